The van der Waals surface area contributed by atoms with Gasteiger partial charge in [-0.15, -0.1) is 10.2 Å². The zero-order valence-electron chi connectivity index (χ0n) is 14.5. The molecule has 25 heavy (non-hydrogen) atoms. The van der Waals surface area contributed by atoms with E-state index in [1.807, 2.05) is 11.0 Å². The molecule has 1 aromatic heterocycles. The second kappa shape index (κ2) is 7.25. The number of carbonyl (C=O) groups is 1. The zero-order chi connectivity index (χ0) is 17.2. The number of rotatable bonds is 3. The van der Waals surface area contributed by atoms with Gasteiger partial charge in [0.2, 0.25) is 0 Å². The third-order valence-corrected chi connectivity index (χ3v) is 5.75. The van der Waals surface area contributed by atoms with Crippen LogP contribution in [0.4, 0.5) is 5.82 Å². The Labute approximate surface area is 148 Å². The molecular formula is C18H26N4O3. The summed E-state index contributed by atoms with van der Waals surface area (Å²) in [5, 5.41) is 18.7. The monoisotopic (exact) mass is 346 g/mol. The van der Waals surface area contributed by atoms with Crippen LogP contribution in [0.3, 0.4) is 0 Å². The Morgan fingerprint density at radius 3 is 2.64 bits per heavy atom. The van der Waals surface area contributed by atoms with Gasteiger partial charge in [-0.05, 0) is 37.8 Å². The summed E-state index contributed by atoms with van der Waals surface area (Å²) in [6.45, 7) is 3.58. The fraction of sp³-hybridized carbons (Fsp3) is 0.722. The van der Waals surface area contributed by atoms with Gasteiger partial charge in [-0.3, -0.25) is 4.79 Å². The van der Waals surface area contributed by atoms with E-state index in [9.17, 15) is 9.90 Å². The molecular weight excluding hydrogens is 320 g/mol. The number of hydrogen-bond donors (Lipinski definition) is 1. The largest absolute Gasteiger partial charge is 0.393 e. The Kier molecular flexibility index (Phi) is 4.85. The second-order valence-electron chi connectivity index (χ2n) is 7.27. The number of anilines is 1. The first-order chi connectivity index (χ1) is 12.2. The number of ether oxygens (including phenoxy) is 1. The third kappa shape index (κ3) is 3.35. The van der Waals surface area contributed by atoms with Crippen LogP contribution < -0.4 is 4.90 Å². The van der Waals surface area contributed by atoms with Gasteiger partial charge >= 0.3 is 0 Å². The van der Waals surface area contributed by atoms with Crippen LogP contribution in [-0.2, 0) is 4.74 Å². The lowest BCUT2D eigenvalue weighted by Crippen LogP contribution is -2.53. The fourth-order valence-corrected chi connectivity index (χ4v) is 4.35. The third-order valence-electron chi connectivity index (χ3n) is 5.75. The quantitative estimate of drug-likeness (QED) is 0.882. The molecule has 7 heteroatoms. The average molecular weight is 346 g/mol. The molecule has 1 aromatic rings. The number of nitrogens with zero attached hydrogens (tertiary/aromatic N) is 4. The lowest BCUT2D eigenvalue weighted by molar-refractivity contribution is -0.0386. The van der Waals surface area contributed by atoms with Gasteiger partial charge in [0.15, 0.2) is 11.5 Å². The Hall–Kier alpha value is -1.73. The van der Waals surface area contributed by atoms with Crippen molar-refractivity contribution in [3.05, 3.63) is 17.8 Å². The Bertz CT molecular complexity index is 603. The minimum absolute atomic E-state index is 0.0705. The summed E-state index contributed by atoms with van der Waals surface area (Å²) in [7, 11) is 0. The molecule has 136 valence electrons. The maximum absolute atomic E-state index is 13.0. The van der Waals surface area contributed by atoms with Crippen LogP contribution in [0.2, 0.25) is 0 Å². The van der Waals surface area contributed by atoms with Crippen molar-refractivity contribution in [3.63, 3.8) is 0 Å². The maximum atomic E-state index is 13.0. The molecule has 3 unspecified atom stereocenters. The van der Waals surface area contributed by atoms with Gasteiger partial charge in [-0.1, -0.05) is 6.42 Å². The van der Waals surface area contributed by atoms with Gasteiger partial charge in [0.1, 0.15) is 0 Å². The summed E-state index contributed by atoms with van der Waals surface area (Å²) in [6.07, 6.45) is 4.79. The van der Waals surface area contributed by atoms with Crippen LogP contribution in [-0.4, -0.2) is 71.1 Å². The molecule has 2 aliphatic heterocycles. The zero-order valence-corrected chi connectivity index (χ0v) is 14.5. The Morgan fingerprint density at radius 2 is 1.96 bits per heavy atom. The first-order valence-electron chi connectivity index (χ1n) is 9.39. The first kappa shape index (κ1) is 16.7. The lowest BCUT2D eigenvalue weighted by atomic mass is 9.94. The summed E-state index contributed by atoms with van der Waals surface area (Å²) in [4.78, 5) is 17.0. The van der Waals surface area contributed by atoms with Crippen molar-refractivity contribution < 1.29 is 14.6 Å². The standard InChI is InChI=1S/C18H26N4O3/c23-16-5-3-4-13(16)15-12-25-11-10-22(15)18(24)14-6-7-17(20-19-14)21-8-1-2-9-21/h6-7,13,15-16,23H,1-5,8-12H2. The van der Waals surface area contributed by atoms with Gasteiger partial charge in [-0.2, -0.15) is 0 Å². The number of morpholine rings is 1. The Balaban J connectivity index is 1.49. The number of amides is 1. The predicted octanol–water partition coefficient (Wildman–Crippen LogP) is 1.08. The van der Waals surface area contributed by atoms with E-state index in [0.717, 1.165) is 38.2 Å². The summed E-state index contributed by atoms with van der Waals surface area (Å²) < 4.78 is 5.60. The summed E-state index contributed by atoms with van der Waals surface area (Å²) in [5.74, 6) is 0.841. The summed E-state index contributed by atoms with van der Waals surface area (Å²) in [5.41, 5.74) is 0.377. The van der Waals surface area contributed by atoms with Crippen LogP contribution in [0.5, 0.6) is 0 Å². The van der Waals surface area contributed by atoms with E-state index in [1.165, 1.54) is 12.8 Å². The lowest BCUT2D eigenvalue weighted by Gasteiger charge is -2.39. The van der Waals surface area contributed by atoms with E-state index < -0.39 is 0 Å². The SMILES string of the molecule is O=C(c1ccc(N2CCCC2)nn1)N1CCOCC1C1CCCC1O. The predicted molar refractivity (Wildman–Crippen MR) is 92.5 cm³/mol. The van der Waals surface area contributed by atoms with Gasteiger partial charge in [0.25, 0.3) is 5.91 Å². The van der Waals surface area contributed by atoms with Crippen molar-refractivity contribution in [1.29, 1.82) is 0 Å². The molecule has 0 radical (unpaired) electrons. The van der Waals surface area contributed by atoms with Gasteiger partial charge < -0.3 is 19.6 Å². The Morgan fingerprint density at radius 1 is 1.12 bits per heavy atom. The van der Waals surface area contributed by atoms with Crippen LogP contribution in [0.15, 0.2) is 12.1 Å². The first-order valence-corrected chi connectivity index (χ1v) is 9.39. The van der Waals surface area contributed by atoms with Crippen LogP contribution in [0.1, 0.15) is 42.6 Å². The number of aromatic nitrogens is 2. The van der Waals surface area contributed by atoms with Crippen molar-refractivity contribution >= 4 is 11.7 Å². The van der Waals surface area contributed by atoms with Crippen molar-refractivity contribution in [2.45, 2.75) is 44.2 Å². The molecule has 1 saturated carbocycles. The summed E-state index contributed by atoms with van der Waals surface area (Å²) >= 11 is 0. The smallest absolute Gasteiger partial charge is 0.274 e. The van der Waals surface area contributed by atoms with Crippen LogP contribution in [0, 0.1) is 5.92 Å². The van der Waals surface area contributed by atoms with E-state index in [2.05, 4.69) is 15.1 Å². The second-order valence-corrected chi connectivity index (χ2v) is 7.27. The van der Waals surface area contributed by atoms with Crippen LogP contribution in [0.25, 0.3) is 0 Å². The minimum Gasteiger partial charge on any atom is -0.393 e. The molecule has 1 N–H and O–H groups in total. The number of aliphatic hydroxyl groups is 1. The molecule has 1 amide bonds. The summed E-state index contributed by atoms with van der Waals surface area (Å²) in [6, 6.07) is 3.60. The molecule has 3 heterocycles. The highest BCUT2D eigenvalue weighted by molar-refractivity contribution is 5.92. The molecule has 1 aliphatic carbocycles. The van der Waals surface area contributed by atoms with E-state index in [-0.39, 0.29) is 24.0 Å². The number of aliphatic hydroxyl groups excluding tert-OH is 1. The topological polar surface area (TPSA) is 78.8 Å². The number of carbonyl (C=O) groups excluding carboxylic acids is 1. The maximum Gasteiger partial charge on any atom is 0.274 e. The molecule has 3 atom stereocenters. The molecule has 0 aromatic carbocycles. The molecule has 0 bridgehead atoms. The highest BCUT2D eigenvalue weighted by Gasteiger charge is 2.40. The van der Waals surface area contributed by atoms with Gasteiger partial charge in [0.05, 0.1) is 25.4 Å². The van der Waals surface area contributed by atoms with E-state index in [4.69, 9.17) is 4.74 Å². The van der Waals surface area contributed by atoms with Crippen molar-refractivity contribution in [2.75, 3.05) is 37.7 Å². The molecule has 0 spiro atoms. The van der Waals surface area contributed by atoms with E-state index >= 15 is 0 Å². The molecule has 3 fully saturated rings. The van der Waals surface area contributed by atoms with Gasteiger partial charge in [-0.25, -0.2) is 0 Å². The highest BCUT2D eigenvalue weighted by Crippen LogP contribution is 2.32. The van der Waals surface area contributed by atoms with E-state index in [0.29, 0.717) is 25.5 Å². The fourth-order valence-electron chi connectivity index (χ4n) is 4.35. The van der Waals surface area contributed by atoms with Crippen molar-refractivity contribution in [3.8, 4) is 0 Å². The normalized spacial score (nSPS) is 30.0. The molecule has 3 aliphatic rings. The van der Waals surface area contributed by atoms with Gasteiger partial charge in [0, 0.05) is 25.6 Å². The average Bonchev–Trinajstić information content (AvgIpc) is 3.33. The van der Waals surface area contributed by atoms with Crippen molar-refractivity contribution in [2.24, 2.45) is 5.92 Å². The molecule has 4 rings (SSSR count). The van der Waals surface area contributed by atoms with E-state index in [1.54, 1.807) is 6.07 Å². The molecule has 2 saturated heterocycles. The number of hydrogen-bond acceptors (Lipinski definition) is 6. The molecule has 7 nitrogen and oxygen atoms in total. The minimum atomic E-state index is -0.342. The highest BCUT2D eigenvalue weighted by atomic mass is 16.5. The van der Waals surface area contributed by atoms with Crippen LogP contribution >= 0.6 is 0 Å². The van der Waals surface area contributed by atoms with Crippen molar-refractivity contribution in [1.82, 2.24) is 15.1 Å².